The molecule has 1 aliphatic heterocycles. The van der Waals surface area contributed by atoms with E-state index in [1.165, 1.54) is 0 Å². The zero-order valence-corrected chi connectivity index (χ0v) is 14.3. The lowest BCUT2D eigenvalue weighted by Gasteiger charge is -2.39. The summed E-state index contributed by atoms with van der Waals surface area (Å²) in [7, 11) is 0. The van der Waals surface area contributed by atoms with Crippen LogP contribution >= 0.6 is 0 Å². The predicted molar refractivity (Wildman–Crippen MR) is 84.2 cm³/mol. The third kappa shape index (κ3) is 3.85. The molecular formula is C16H28N4O2. The summed E-state index contributed by atoms with van der Waals surface area (Å²) < 4.78 is 5.30. The Kier molecular flexibility index (Phi) is 5.56. The van der Waals surface area contributed by atoms with E-state index in [2.05, 4.69) is 22.4 Å². The lowest BCUT2D eigenvalue weighted by atomic mass is 9.92. The van der Waals surface area contributed by atoms with Gasteiger partial charge in [-0.3, -0.25) is 4.79 Å². The molecule has 6 heteroatoms. The van der Waals surface area contributed by atoms with Gasteiger partial charge in [0, 0.05) is 31.5 Å². The lowest BCUT2D eigenvalue weighted by Crippen LogP contribution is -2.51. The number of piperidine rings is 1. The first-order valence-corrected chi connectivity index (χ1v) is 8.29. The molecule has 22 heavy (non-hydrogen) atoms. The predicted octanol–water partition coefficient (Wildman–Crippen LogP) is 2.18. The molecule has 0 aliphatic carbocycles. The van der Waals surface area contributed by atoms with Gasteiger partial charge in [-0.1, -0.05) is 32.9 Å². The number of rotatable bonds is 5. The largest absolute Gasteiger partial charge is 0.342 e. The van der Waals surface area contributed by atoms with Crippen LogP contribution in [0.15, 0.2) is 4.52 Å². The number of likely N-dealkylation sites (tertiary alicyclic amines) is 1. The van der Waals surface area contributed by atoms with Crippen molar-refractivity contribution in [3.05, 3.63) is 11.7 Å². The molecule has 0 spiro atoms. The van der Waals surface area contributed by atoms with Crippen LogP contribution in [0.5, 0.6) is 0 Å². The number of aromatic nitrogens is 2. The molecule has 0 radical (unpaired) electrons. The fraction of sp³-hybridized carbons (Fsp3) is 0.812. The fourth-order valence-corrected chi connectivity index (χ4v) is 2.94. The zero-order chi connectivity index (χ0) is 16.3. The van der Waals surface area contributed by atoms with E-state index in [9.17, 15) is 4.79 Å². The molecule has 124 valence electrons. The van der Waals surface area contributed by atoms with Gasteiger partial charge in [-0.2, -0.15) is 4.98 Å². The molecule has 1 aliphatic rings. The maximum atomic E-state index is 12.1. The second kappa shape index (κ2) is 7.22. The fourth-order valence-electron chi connectivity index (χ4n) is 2.94. The first kappa shape index (κ1) is 16.9. The number of carbonyl (C=O) groups is 1. The number of aryl methyl sites for hydroxylation is 1. The van der Waals surface area contributed by atoms with Crippen LogP contribution in [0.4, 0.5) is 0 Å². The molecule has 0 unspecified atom stereocenters. The summed E-state index contributed by atoms with van der Waals surface area (Å²) in [5.41, 5.74) is 0. The van der Waals surface area contributed by atoms with Crippen molar-refractivity contribution in [1.82, 2.24) is 20.4 Å². The van der Waals surface area contributed by atoms with E-state index in [0.29, 0.717) is 17.9 Å². The van der Waals surface area contributed by atoms with Gasteiger partial charge in [0.15, 0.2) is 5.82 Å². The van der Waals surface area contributed by atoms with Crippen LogP contribution in [0.1, 0.15) is 58.8 Å². The Morgan fingerprint density at radius 2 is 2.18 bits per heavy atom. The Balaban J connectivity index is 1.90. The highest BCUT2D eigenvalue weighted by atomic mass is 16.5. The minimum atomic E-state index is 0.0348. The van der Waals surface area contributed by atoms with E-state index in [0.717, 1.165) is 31.8 Å². The smallest absolute Gasteiger partial charge is 0.243 e. The van der Waals surface area contributed by atoms with E-state index in [1.54, 1.807) is 0 Å². The van der Waals surface area contributed by atoms with Gasteiger partial charge in [-0.05, 0) is 19.3 Å². The monoisotopic (exact) mass is 308 g/mol. The van der Waals surface area contributed by atoms with Crippen molar-refractivity contribution in [2.45, 2.75) is 59.5 Å². The Hall–Kier alpha value is -1.43. The summed E-state index contributed by atoms with van der Waals surface area (Å²) in [6, 6.07) is 0.399. The summed E-state index contributed by atoms with van der Waals surface area (Å²) in [6.45, 7) is 11.8. The van der Waals surface area contributed by atoms with Gasteiger partial charge in [0.25, 0.3) is 0 Å². The highest BCUT2D eigenvalue weighted by Crippen LogP contribution is 2.21. The number of hydrogen-bond donors (Lipinski definition) is 1. The molecule has 1 N–H and O–H groups in total. The van der Waals surface area contributed by atoms with Crippen LogP contribution in [0.3, 0.4) is 0 Å². The highest BCUT2D eigenvalue weighted by Gasteiger charge is 2.31. The van der Waals surface area contributed by atoms with E-state index in [1.807, 2.05) is 32.6 Å². The third-order valence-electron chi connectivity index (χ3n) is 4.35. The van der Waals surface area contributed by atoms with Crippen molar-refractivity contribution in [3.8, 4) is 0 Å². The van der Waals surface area contributed by atoms with Crippen molar-refractivity contribution >= 4 is 5.91 Å². The van der Waals surface area contributed by atoms with Gasteiger partial charge in [0.2, 0.25) is 11.8 Å². The quantitative estimate of drug-likeness (QED) is 0.902. The minimum absolute atomic E-state index is 0.0348. The second-order valence-corrected chi connectivity index (χ2v) is 6.60. The summed E-state index contributed by atoms with van der Waals surface area (Å²) in [6.07, 6.45) is 1.74. The summed E-state index contributed by atoms with van der Waals surface area (Å²) in [5.74, 6) is 2.12. The van der Waals surface area contributed by atoms with Crippen LogP contribution in [0.25, 0.3) is 0 Å². The standard InChI is InChI=1S/C16H28N4O2/c1-6-14-18-15(22-19-14)12(5)17-13-7-8-20(9-11(13)4)16(21)10(2)3/h10-13,17H,6-9H2,1-5H3/t11-,12+,13+/m1/s1. The summed E-state index contributed by atoms with van der Waals surface area (Å²) in [4.78, 5) is 18.5. The van der Waals surface area contributed by atoms with Gasteiger partial charge >= 0.3 is 0 Å². The molecule has 1 saturated heterocycles. The van der Waals surface area contributed by atoms with Crippen molar-refractivity contribution in [1.29, 1.82) is 0 Å². The van der Waals surface area contributed by atoms with E-state index >= 15 is 0 Å². The summed E-state index contributed by atoms with van der Waals surface area (Å²) in [5, 5.41) is 7.52. The Morgan fingerprint density at radius 1 is 1.45 bits per heavy atom. The molecule has 0 aromatic carbocycles. The van der Waals surface area contributed by atoms with Gasteiger partial charge in [0.1, 0.15) is 0 Å². The molecular weight excluding hydrogens is 280 g/mol. The molecule has 3 atom stereocenters. The number of nitrogens with zero attached hydrogens (tertiary/aromatic N) is 3. The average Bonchev–Trinajstić information content (AvgIpc) is 2.97. The second-order valence-electron chi connectivity index (χ2n) is 6.60. The number of amides is 1. The first-order valence-electron chi connectivity index (χ1n) is 8.29. The SMILES string of the molecule is CCc1noc([C@H](C)N[C@H]2CCN(C(=O)C(C)C)C[C@H]2C)n1. The third-order valence-corrected chi connectivity index (χ3v) is 4.35. The topological polar surface area (TPSA) is 71.3 Å². The molecule has 1 amide bonds. The van der Waals surface area contributed by atoms with Crippen LogP contribution in [-0.4, -0.2) is 40.1 Å². The highest BCUT2D eigenvalue weighted by molar-refractivity contribution is 5.78. The van der Waals surface area contributed by atoms with Crippen molar-refractivity contribution in [2.75, 3.05) is 13.1 Å². The van der Waals surface area contributed by atoms with E-state index in [-0.39, 0.29) is 17.9 Å². The molecule has 2 rings (SSSR count). The van der Waals surface area contributed by atoms with Crippen LogP contribution in [-0.2, 0) is 11.2 Å². The molecule has 0 bridgehead atoms. The van der Waals surface area contributed by atoms with Crippen LogP contribution < -0.4 is 5.32 Å². The van der Waals surface area contributed by atoms with Gasteiger partial charge in [-0.25, -0.2) is 0 Å². The van der Waals surface area contributed by atoms with E-state index < -0.39 is 0 Å². The Bertz CT molecular complexity index is 500. The number of carbonyl (C=O) groups excluding carboxylic acids is 1. The molecule has 1 aromatic heterocycles. The zero-order valence-electron chi connectivity index (χ0n) is 14.3. The average molecular weight is 308 g/mol. The molecule has 2 heterocycles. The lowest BCUT2D eigenvalue weighted by molar-refractivity contribution is -0.136. The Morgan fingerprint density at radius 3 is 2.73 bits per heavy atom. The van der Waals surface area contributed by atoms with Crippen molar-refractivity contribution in [2.24, 2.45) is 11.8 Å². The summed E-state index contributed by atoms with van der Waals surface area (Å²) >= 11 is 0. The van der Waals surface area contributed by atoms with E-state index in [4.69, 9.17) is 4.52 Å². The maximum Gasteiger partial charge on any atom is 0.243 e. The number of nitrogens with one attached hydrogen (secondary N) is 1. The molecule has 1 aromatic rings. The number of hydrogen-bond acceptors (Lipinski definition) is 5. The van der Waals surface area contributed by atoms with Crippen molar-refractivity contribution < 1.29 is 9.32 Å². The molecule has 0 saturated carbocycles. The molecule has 6 nitrogen and oxygen atoms in total. The van der Waals surface area contributed by atoms with Gasteiger partial charge in [0.05, 0.1) is 6.04 Å². The maximum absolute atomic E-state index is 12.1. The minimum Gasteiger partial charge on any atom is -0.342 e. The van der Waals surface area contributed by atoms with Crippen LogP contribution in [0.2, 0.25) is 0 Å². The first-order chi connectivity index (χ1) is 10.4. The van der Waals surface area contributed by atoms with Crippen LogP contribution in [0, 0.1) is 11.8 Å². The van der Waals surface area contributed by atoms with Crippen molar-refractivity contribution in [3.63, 3.8) is 0 Å². The normalized spacial score (nSPS) is 23.8. The van der Waals surface area contributed by atoms with Gasteiger partial charge in [-0.15, -0.1) is 0 Å². The Labute approximate surface area is 132 Å². The van der Waals surface area contributed by atoms with Gasteiger partial charge < -0.3 is 14.7 Å². The molecule has 1 fully saturated rings.